The smallest absolute Gasteiger partial charge is 0.306 e. The van der Waals surface area contributed by atoms with Gasteiger partial charge in [-0.1, -0.05) is 42.5 Å². The topological polar surface area (TPSA) is 48.4 Å². The van der Waals surface area contributed by atoms with E-state index in [2.05, 4.69) is 4.98 Å². The lowest BCUT2D eigenvalue weighted by Gasteiger charge is -2.15. The van der Waals surface area contributed by atoms with Gasteiger partial charge in [0.1, 0.15) is 23.2 Å². The number of nitrogens with zero attached hydrogens (tertiary/aromatic N) is 1. The van der Waals surface area contributed by atoms with Crippen molar-refractivity contribution in [1.29, 1.82) is 0 Å². The predicted molar refractivity (Wildman–Crippen MR) is 133 cm³/mol. The van der Waals surface area contributed by atoms with Crippen LogP contribution < -0.4 is 4.74 Å². The zero-order valence-corrected chi connectivity index (χ0v) is 20.0. The first-order chi connectivity index (χ1) is 16.5. The van der Waals surface area contributed by atoms with Crippen LogP contribution in [0.1, 0.15) is 41.1 Å². The Balaban J connectivity index is 1.45. The molecule has 1 heterocycles. The normalized spacial score (nSPS) is 11.7. The van der Waals surface area contributed by atoms with E-state index in [1.54, 1.807) is 23.5 Å². The van der Waals surface area contributed by atoms with Gasteiger partial charge in [0.25, 0.3) is 0 Å². The van der Waals surface area contributed by atoms with Gasteiger partial charge in [-0.2, -0.15) is 0 Å². The summed E-state index contributed by atoms with van der Waals surface area (Å²) in [7, 11) is 0. The number of aryl methyl sites for hydroxylation is 1. The largest absolute Gasteiger partial charge is 0.489 e. The fraction of sp³-hybridized carbons (Fsp3) is 0.214. The van der Waals surface area contributed by atoms with Crippen molar-refractivity contribution in [2.45, 2.75) is 32.8 Å². The number of esters is 1. The van der Waals surface area contributed by atoms with E-state index in [0.29, 0.717) is 13.2 Å². The number of hydrogen-bond acceptors (Lipinski definition) is 5. The Kier molecular flexibility index (Phi) is 7.70. The zero-order chi connectivity index (χ0) is 23.9. The summed E-state index contributed by atoms with van der Waals surface area (Å²) in [6.07, 6.45) is 0.247. The van der Waals surface area contributed by atoms with Crippen molar-refractivity contribution in [1.82, 2.24) is 4.98 Å². The number of rotatable bonds is 9. The quantitative estimate of drug-likeness (QED) is 0.247. The first-order valence-electron chi connectivity index (χ1n) is 11.2. The fourth-order valence-electron chi connectivity index (χ4n) is 3.71. The SMILES string of the molecule is CCOC(=O)CC(c1ccc(OCc2cccc(-c3ccc(F)cc3)c2)cc1)c1nc(C)cs1. The minimum atomic E-state index is -0.249. The lowest BCUT2D eigenvalue weighted by Crippen LogP contribution is -2.11. The van der Waals surface area contributed by atoms with Crippen molar-refractivity contribution >= 4 is 17.3 Å². The van der Waals surface area contributed by atoms with Gasteiger partial charge in [0.05, 0.1) is 13.0 Å². The zero-order valence-electron chi connectivity index (χ0n) is 19.2. The maximum absolute atomic E-state index is 13.2. The number of aromatic nitrogens is 1. The fourth-order valence-corrected chi connectivity index (χ4v) is 4.64. The second-order valence-electron chi connectivity index (χ2n) is 7.95. The molecule has 34 heavy (non-hydrogen) atoms. The Morgan fingerprint density at radius 3 is 2.47 bits per heavy atom. The van der Waals surface area contributed by atoms with Crippen molar-refractivity contribution in [3.8, 4) is 16.9 Å². The summed E-state index contributed by atoms with van der Waals surface area (Å²) in [6, 6.07) is 22.3. The van der Waals surface area contributed by atoms with Gasteiger partial charge >= 0.3 is 5.97 Å². The number of hydrogen-bond donors (Lipinski definition) is 0. The molecule has 3 aromatic carbocycles. The molecular weight excluding hydrogens is 449 g/mol. The summed E-state index contributed by atoms with van der Waals surface area (Å²) in [6.45, 7) is 4.52. The summed E-state index contributed by atoms with van der Waals surface area (Å²) in [4.78, 5) is 16.8. The van der Waals surface area contributed by atoms with Crippen LogP contribution >= 0.6 is 11.3 Å². The maximum atomic E-state index is 13.2. The van der Waals surface area contributed by atoms with E-state index in [1.165, 1.54) is 12.1 Å². The Hall–Kier alpha value is -3.51. The van der Waals surface area contributed by atoms with Crippen molar-refractivity contribution < 1.29 is 18.7 Å². The number of halogens is 1. The molecule has 1 atom stereocenters. The summed E-state index contributed by atoms with van der Waals surface area (Å²) < 4.78 is 24.4. The van der Waals surface area contributed by atoms with Crippen LogP contribution in [0.4, 0.5) is 4.39 Å². The highest BCUT2D eigenvalue weighted by Crippen LogP contribution is 2.32. The van der Waals surface area contributed by atoms with Crippen molar-refractivity contribution in [2.24, 2.45) is 0 Å². The minimum Gasteiger partial charge on any atom is -0.489 e. The van der Waals surface area contributed by atoms with Crippen molar-refractivity contribution in [3.05, 3.63) is 106 Å². The Morgan fingerprint density at radius 1 is 1.03 bits per heavy atom. The van der Waals surface area contributed by atoms with Gasteiger partial charge in [-0.15, -0.1) is 11.3 Å². The number of carbonyl (C=O) groups excluding carboxylic acids is 1. The molecule has 0 spiro atoms. The highest BCUT2D eigenvalue weighted by atomic mass is 32.1. The van der Waals surface area contributed by atoms with Crippen LogP contribution in [0.15, 0.2) is 78.2 Å². The third kappa shape index (κ3) is 6.08. The lowest BCUT2D eigenvalue weighted by atomic mass is 9.96. The standard InChI is InChI=1S/C28H26FNO3S/c1-3-32-27(31)16-26(28-30-19(2)18-34-28)22-9-13-25(14-10-22)33-17-20-5-4-6-23(15-20)21-7-11-24(29)12-8-21/h4-15,18,26H,3,16-17H2,1-2H3. The average Bonchev–Trinajstić information content (AvgIpc) is 3.28. The molecule has 0 bridgehead atoms. The van der Waals surface area contributed by atoms with E-state index in [1.807, 2.05) is 67.8 Å². The first kappa shape index (κ1) is 23.6. The average molecular weight is 476 g/mol. The van der Waals surface area contributed by atoms with Crippen LogP contribution in [0.25, 0.3) is 11.1 Å². The van der Waals surface area contributed by atoms with E-state index in [-0.39, 0.29) is 24.1 Å². The summed E-state index contributed by atoms with van der Waals surface area (Å²) in [5, 5.41) is 2.89. The number of carbonyl (C=O) groups is 1. The molecule has 0 aliphatic rings. The number of benzene rings is 3. The molecule has 0 aliphatic carbocycles. The molecule has 0 amide bonds. The van der Waals surface area contributed by atoms with Crippen LogP contribution in [0.5, 0.6) is 5.75 Å². The first-order valence-corrected chi connectivity index (χ1v) is 12.0. The van der Waals surface area contributed by atoms with Crippen LogP contribution in [0.3, 0.4) is 0 Å². The lowest BCUT2D eigenvalue weighted by molar-refractivity contribution is -0.143. The molecule has 0 radical (unpaired) electrons. The summed E-state index contributed by atoms with van der Waals surface area (Å²) in [5.41, 5.74) is 4.92. The van der Waals surface area contributed by atoms with E-state index >= 15 is 0 Å². The second kappa shape index (κ2) is 11.1. The highest BCUT2D eigenvalue weighted by molar-refractivity contribution is 7.09. The van der Waals surface area contributed by atoms with E-state index in [9.17, 15) is 9.18 Å². The van der Waals surface area contributed by atoms with Gasteiger partial charge in [-0.05, 0) is 66.4 Å². The van der Waals surface area contributed by atoms with Crippen molar-refractivity contribution in [3.63, 3.8) is 0 Å². The Labute approximate surface area is 203 Å². The minimum absolute atomic E-state index is 0.154. The summed E-state index contributed by atoms with van der Waals surface area (Å²) >= 11 is 1.55. The van der Waals surface area contributed by atoms with Gasteiger partial charge < -0.3 is 9.47 Å². The monoisotopic (exact) mass is 475 g/mol. The Bertz CT molecular complexity index is 1240. The maximum Gasteiger partial charge on any atom is 0.306 e. The molecule has 6 heteroatoms. The molecule has 0 saturated carbocycles. The van der Waals surface area contributed by atoms with Crippen LogP contribution in [-0.2, 0) is 16.1 Å². The summed E-state index contributed by atoms with van der Waals surface area (Å²) in [5.74, 6) is 0.100. The highest BCUT2D eigenvalue weighted by Gasteiger charge is 2.22. The van der Waals surface area contributed by atoms with E-state index < -0.39 is 0 Å². The molecule has 4 rings (SSSR count). The van der Waals surface area contributed by atoms with E-state index in [0.717, 1.165) is 38.7 Å². The van der Waals surface area contributed by atoms with Crippen molar-refractivity contribution in [2.75, 3.05) is 6.61 Å². The molecule has 174 valence electrons. The molecular formula is C28H26FNO3S. The third-order valence-electron chi connectivity index (χ3n) is 5.40. The van der Waals surface area contributed by atoms with Gasteiger partial charge in [-0.25, -0.2) is 9.37 Å². The van der Waals surface area contributed by atoms with Crippen LogP contribution in [0.2, 0.25) is 0 Å². The molecule has 0 aliphatic heterocycles. The second-order valence-corrected chi connectivity index (χ2v) is 8.84. The molecule has 4 aromatic rings. The molecule has 0 fully saturated rings. The Morgan fingerprint density at radius 2 is 1.79 bits per heavy atom. The molecule has 4 nitrogen and oxygen atoms in total. The van der Waals surface area contributed by atoms with Gasteiger partial charge in [0.2, 0.25) is 0 Å². The molecule has 1 aromatic heterocycles. The predicted octanol–water partition coefficient (Wildman–Crippen LogP) is 6.92. The molecule has 0 N–H and O–H groups in total. The van der Waals surface area contributed by atoms with E-state index in [4.69, 9.17) is 9.47 Å². The third-order valence-corrected chi connectivity index (χ3v) is 6.48. The van der Waals surface area contributed by atoms with Gasteiger partial charge in [-0.3, -0.25) is 4.79 Å². The number of ether oxygens (including phenoxy) is 2. The van der Waals surface area contributed by atoms with Crippen LogP contribution in [-0.4, -0.2) is 17.6 Å². The molecule has 1 unspecified atom stereocenters. The van der Waals surface area contributed by atoms with Crippen LogP contribution in [0, 0.1) is 12.7 Å². The number of thiazole rings is 1. The van der Waals surface area contributed by atoms with Gasteiger partial charge in [0, 0.05) is 17.0 Å². The molecule has 0 saturated heterocycles. The van der Waals surface area contributed by atoms with Gasteiger partial charge in [0.15, 0.2) is 0 Å².